The number of unbranched alkanes of at least 4 members (excludes halogenated alkanes) is 1. The van der Waals surface area contributed by atoms with E-state index in [1.807, 2.05) is 11.8 Å². The standard InChI is InChI=1S/C13H26S/c1-6-10-13(4,14-5)11-8-7-9-12(2)3/h2,6-11H2,1,3-5H3. The van der Waals surface area contributed by atoms with E-state index in [9.17, 15) is 0 Å². The van der Waals surface area contributed by atoms with Crippen LogP contribution in [0, 0.1) is 0 Å². The second kappa shape index (κ2) is 7.39. The number of hydrogen-bond donors (Lipinski definition) is 0. The van der Waals surface area contributed by atoms with E-state index in [4.69, 9.17) is 0 Å². The van der Waals surface area contributed by atoms with Gasteiger partial charge in [-0.3, -0.25) is 0 Å². The maximum absolute atomic E-state index is 3.94. The van der Waals surface area contributed by atoms with Crippen molar-refractivity contribution in [1.82, 2.24) is 0 Å². The Morgan fingerprint density at radius 2 is 1.93 bits per heavy atom. The second-order valence-corrected chi connectivity index (χ2v) is 5.96. The van der Waals surface area contributed by atoms with Gasteiger partial charge < -0.3 is 0 Å². The molecule has 1 unspecified atom stereocenters. The Balaban J connectivity index is 3.66. The van der Waals surface area contributed by atoms with Crippen molar-refractivity contribution in [1.29, 1.82) is 0 Å². The largest absolute Gasteiger partial charge is 0.159 e. The molecule has 0 rings (SSSR count). The first-order chi connectivity index (χ1) is 6.54. The van der Waals surface area contributed by atoms with Crippen LogP contribution in [0.1, 0.15) is 59.3 Å². The van der Waals surface area contributed by atoms with Gasteiger partial charge in [0.15, 0.2) is 0 Å². The molecule has 0 radical (unpaired) electrons. The molecule has 0 aliphatic carbocycles. The normalized spacial score (nSPS) is 15.1. The summed E-state index contributed by atoms with van der Waals surface area (Å²) >= 11 is 2.03. The van der Waals surface area contributed by atoms with Crippen LogP contribution in [-0.2, 0) is 0 Å². The van der Waals surface area contributed by atoms with Crippen molar-refractivity contribution < 1.29 is 0 Å². The van der Waals surface area contributed by atoms with Crippen LogP contribution in [0.4, 0.5) is 0 Å². The van der Waals surface area contributed by atoms with Gasteiger partial charge in [-0.25, -0.2) is 0 Å². The minimum absolute atomic E-state index is 0.518. The van der Waals surface area contributed by atoms with E-state index in [-0.39, 0.29) is 0 Å². The van der Waals surface area contributed by atoms with Gasteiger partial charge >= 0.3 is 0 Å². The Morgan fingerprint density at radius 3 is 2.36 bits per heavy atom. The lowest BCUT2D eigenvalue weighted by Gasteiger charge is -2.27. The molecule has 0 aliphatic rings. The lowest BCUT2D eigenvalue weighted by molar-refractivity contribution is 0.505. The van der Waals surface area contributed by atoms with E-state index in [0.717, 1.165) is 0 Å². The zero-order valence-corrected chi connectivity index (χ0v) is 11.2. The summed E-state index contributed by atoms with van der Waals surface area (Å²) in [6, 6.07) is 0. The monoisotopic (exact) mass is 214 g/mol. The summed E-state index contributed by atoms with van der Waals surface area (Å²) in [6.07, 6.45) is 10.1. The molecule has 1 heteroatoms. The van der Waals surface area contributed by atoms with Gasteiger partial charge in [0.2, 0.25) is 0 Å². The molecule has 1 atom stereocenters. The third-order valence-corrected chi connectivity index (χ3v) is 4.22. The topological polar surface area (TPSA) is 0 Å². The SMILES string of the molecule is C=C(C)CCCCC(C)(CCC)SC. The summed E-state index contributed by atoms with van der Waals surface area (Å²) < 4.78 is 0.518. The molecule has 84 valence electrons. The Hall–Kier alpha value is 0.0900. The van der Waals surface area contributed by atoms with Crippen molar-refractivity contribution in [3.8, 4) is 0 Å². The van der Waals surface area contributed by atoms with E-state index < -0.39 is 0 Å². The van der Waals surface area contributed by atoms with Gasteiger partial charge in [-0.1, -0.05) is 32.3 Å². The summed E-state index contributed by atoms with van der Waals surface area (Å²) in [4.78, 5) is 0. The number of rotatable bonds is 8. The minimum atomic E-state index is 0.518. The molecule has 0 saturated heterocycles. The van der Waals surface area contributed by atoms with E-state index >= 15 is 0 Å². The van der Waals surface area contributed by atoms with Gasteiger partial charge in [-0.15, -0.1) is 6.58 Å². The fourth-order valence-electron chi connectivity index (χ4n) is 1.78. The molecular weight excluding hydrogens is 188 g/mol. The molecule has 0 spiro atoms. The maximum Gasteiger partial charge on any atom is 0.0129 e. The highest BCUT2D eigenvalue weighted by Gasteiger charge is 2.20. The van der Waals surface area contributed by atoms with Crippen molar-refractivity contribution in [2.75, 3.05) is 6.26 Å². The second-order valence-electron chi connectivity index (χ2n) is 4.57. The van der Waals surface area contributed by atoms with Crippen molar-refractivity contribution >= 4 is 11.8 Å². The predicted molar refractivity (Wildman–Crippen MR) is 70.1 cm³/mol. The quantitative estimate of drug-likeness (QED) is 0.403. The zero-order valence-electron chi connectivity index (χ0n) is 10.4. The van der Waals surface area contributed by atoms with Crippen LogP contribution in [0.2, 0.25) is 0 Å². The van der Waals surface area contributed by atoms with Crippen molar-refractivity contribution in [2.45, 2.75) is 64.0 Å². The summed E-state index contributed by atoms with van der Waals surface area (Å²) in [5.41, 5.74) is 1.33. The number of thioether (sulfide) groups is 1. The Kier molecular flexibility index (Phi) is 7.44. The van der Waals surface area contributed by atoms with E-state index in [0.29, 0.717) is 4.75 Å². The van der Waals surface area contributed by atoms with Crippen LogP contribution in [-0.4, -0.2) is 11.0 Å². The van der Waals surface area contributed by atoms with Crippen LogP contribution in [0.15, 0.2) is 12.2 Å². The lowest BCUT2D eigenvalue weighted by Crippen LogP contribution is -2.18. The lowest BCUT2D eigenvalue weighted by atomic mass is 9.97. The molecule has 0 nitrogen and oxygen atoms in total. The van der Waals surface area contributed by atoms with E-state index in [1.54, 1.807) is 0 Å². The Labute approximate surface area is 94.6 Å². The predicted octanol–water partition coefficient (Wildman–Crippen LogP) is 5.04. The molecule has 0 aromatic heterocycles. The Morgan fingerprint density at radius 1 is 1.29 bits per heavy atom. The maximum atomic E-state index is 3.94. The average molecular weight is 214 g/mol. The number of hydrogen-bond acceptors (Lipinski definition) is 1. The third-order valence-electron chi connectivity index (χ3n) is 2.83. The van der Waals surface area contributed by atoms with Gasteiger partial charge in [0.25, 0.3) is 0 Å². The molecule has 0 bridgehead atoms. The number of allylic oxidation sites excluding steroid dienone is 1. The van der Waals surface area contributed by atoms with Crippen molar-refractivity contribution in [2.24, 2.45) is 0 Å². The van der Waals surface area contributed by atoms with Crippen LogP contribution >= 0.6 is 11.8 Å². The van der Waals surface area contributed by atoms with Gasteiger partial charge in [0, 0.05) is 4.75 Å². The van der Waals surface area contributed by atoms with Crippen molar-refractivity contribution in [3.63, 3.8) is 0 Å². The van der Waals surface area contributed by atoms with Crippen LogP contribution in [0.25, 0.3) is 0 Å². The Bertz CT molecular complexity index is 163. The first-order valence-electron chi connectivity index (χ1n) is 5.73. The van der Waals surface area contributed by atoms with Gasteiger partial charge in [-0.2, -0.15) is 11.8 Å². The van der Waals surface area contributed by atoms with Gasteiger partial charge in [0.05, 0.1) is 0 Å². The first-order valence-corrected chi connectivity index (χ1v) is 6.96. The molecule has 0 aromatic carbocycles. The smallest absolute Gasteiger partial charge is 0.0129 e. The van der Waals surface area contributed by atoms with Crippen LogP contribution < -0.4 is 0 Å². The molecule has 14 heavy (non-hydrogen) atoms. The van der Waals surface area contributed by atoms with Crippen LogP contribution in [0.3, 0.4) is 0 Å². The average Bonchev–Trinajstić information content (AvgIpc) is 2.13. The first kappa shape index (κ1) is 14.1. The fourth-order valence-corrected chi connectivity index (χ4v) is 2.54. The summed E-state index contributed by atoms with van der Waals surface area (Å²) in [5.74, 6) is 0. The highest BCUT2D eigenvalue weighted by atomic mass is 32.2. The molecule has 0 aromatic rings. The van der Waals surface area contributed by atoms with E-state index in [2.05, 4.69) is 33.6 Å². The van der Waals surface area contributed by atoms with Crippen molar-refractivity contribution in [3.05, 3.63) is 12.2 Å². The minimum Gasteiger partial charge on any atom is -0.159 e. The molecule has 0 N–H and O–H groups in total. The van der Waals surface area contributed by atoms with Gasteiger partial charge in [-0.05, 0) is 38.9 Å². The van der Waals surface area contributed by atoms with E-state index in [1.165, 1.54) is 44.1 Å². The van der Waals surface area contributed by atoms with Gasteiger partial charge in [0.1, 0.15) is 0 Å². The highest BCUT2D eigenvalue weighted by Crippen LogP contribution is 2.33. The molecular formula is C13H26S. The molecule has 0 amide bonds. The molecule has 0 heterocycles. The summed E-state index contributed by atoms with van der Waals surface area (Å²) in [7, 11) is 0. The fraction of sp³-hybridized carbons (Fsp3) is 0.846. The highest BCUT2D eigenvalue weighted by molar-refractivity contribution is 7.99. The zero-order chi connectivity index (χ0) is 11.0. The summed E-state index contributed by atoms with van der Waals surface area (Å²) in [5, 5.41) is 0. The molecule has 0 saturated carbocycles. The molecule has 0 fully saturated rings. The molecule has 0 aliphatic heterocycles. The van der Waals surface area contributed by atoms with Crippen LogP contribution in [0.5, 0.6) is 0 Å². The summed E-state index contributed by atoms with van der Waals surface area (Å²) in [6.45, 7) is 10.8. The third kappa shape index (κ3) is 6.53.